The number of rotatable bonds is 9. The topological polar surface area (TPSA) is 74.6 Å². The summed E-state index contributed by atoms with van der Waals surface area (Å²) < 4.78 is 0. The van der Waals surface area contributed by atoms with Crippen molar-refractivity contribution in [3.8, 4) is 0 Å². The average molecular weight is 415 g/mol. The maximum Gasteiger partial charge on any atom is 0.335 e. The normalized spacial score (nSPS) is 11.7. The summed E-state index contributed by atoms with van der Waals surface area (Å²) in [7, 11) is 0. The van der Waals surface area contributed by atoms with Crippen molar-refractivity contribution in [3.63, 3.8) is 0 Å². The number of hydrogen-bond donors (Lipinski definition) is 2. The van der Waals surface area contributed by atoms with Crippen LogP contribution in [0.5, 0.6) is 0 Å². The summed E-state index contributed by atoms with van der Waals surface area (Å²) >= 11 is 0. The Hall–Kier alpha value is -2.62. The van der Waals surface area contributed by atoms with Gasteiger partial charge in [0.1, 0.15) is 0 Å². The minimum Gasteiger partial charge on any atom is -0.478 e. The van der Waals surface area contributed by atoms with E-state index < -0.39 is 11.9 Å². The Bertz CT molecular complexity index is 633. The first-order chi connectivity index (χ1) is 14.4. The van der Waals surface area contributed by atoms with E-state index in [0.717, 1.165) is 11.8 Å². The fraction of sp³-hybridized carbons (Fsp3) is 0.462. The van der Waals surface area contributed by atoms with E-state index in [2.05, 4.69) is 27.7 Å². The summed E-state index contributed by atoms with van der Waals surface area (Å²) in [5, 5.41) is 16.8. The Morgan fingerprint density at radius 1 is 0.733 bits per heavy atom. The molecular formula is C26H38O4. The van der Waals surface area contributed by atoms with Crippen molar-refractivity contribution in [2.75, 3.05) is 0 Å². The van der Waals surface area contributed by atoms with Crippen LogP contribution < -0.4 is 0 Å². The average Bonchev–Trinajstić information content (AvgIpc) is 2.77. The molecule has 0 saturated heterocycles. The van der Waals surface area contributed by atoms with E-state index >= 15 is 0 Å². The number of aromatic carboxylic acids is 2. The number of carboxylic acid groups (broad SMARTS) is 2. The highest BCUT2D eigenvalue weighted by Gasteiger charge is 2.13. The van der Waals surface area contributed by atoms with E-state index in [1.807, 2.05) is 0 Å². The summed E-state index contributed by atoms with van der Waals surface area (Å²) in [5.41, 5.74) is 0.662. The van der Waals surface area contributed by atoms with Crippen LogP contribution in [0.25, 0.3) is 0 Å². The standard InChI is InChI=1S/C12H26.2C7H6O2/c1-5-8-10-11(4)12(7-3)9-6-2;2*8-7(9)6-4-2-1-3-5-6/h11-12H,5-10H2,1-4H3;2*1-5H,(H,8,9). The lowest BCUT2D eigenvalue weighted by Crippen LogP contribution is -2.10. The second-order valence-electron chi connectivity index (χ2n) is 7.42. The molecule has 0 radical (unpaired) electrons. The van der Waals surface area contributed by atoms with Gasteiger partial charge in [-0.05, 0) is 36.1 Å². The SMILES string of the molecule is CCCCC(C)C(CC)CCC.O=C(O)c1ccccc1.O=C(O)c1ccccc1. The molecule has 2 unspecified atom stereocenters. The highest BCUT2D eigenvalue weighted by Crippen LogP contribution is 2.25. The second kappa shape index (κ2) is 17.3. The van der Waals surface area contributed by atoms with Crippen LogP contribution in [0.15, 0.2) is 60.7 Å². The molecule has 0 aliphatic carbocycles. The van der Waals surface area contributed by atoms with E-state index in [0.29, 0.717) is 11.1 Å². The van der Waals surface area contributed by atoms with Crippen molar-refractivity contribution < 1.29 is 19.8 Å². The Balaban J connectivity index is 0.000000426. The van der Waals surface area contributed by atoms with Crippen molar-refractivity contribution in [3.05, 3.63) is 71.8 Å². The zero-order chi connectivity index (χ0) is 22.8. The van der Waals surface area contributed by atoms with Gasteiger partial charge in [0.15, 0.2) is 0 Å². The molecular weight excluding hydrogens is 376 g/mol. The molecule has 2 aromatic carbocycles. The Morgan fingerprint density at radius 3 is 1.43 bits per heavy atom. The van der Waals surface area contributed by atoms with Gasteiger partial charge in [-0.15, -0.1) is 0 Å². The van der Waals surface area contributed by atoms with Gasteiger partial charge in [0.2, 0.25) is 0 Å². The van der Waals surface area contributed by atoms with Crippen LogP contribution in [0.4, 0.5) is 0 Å². The van der Waals surface area contributed by atoms with Gasteiger partial charge in [0.05, 0.1) is 11.1 Å². The number of unbranched alkanes of at least 4 members (excludes halogenated alkanes) is 1. The molecule has 0 bridgehead atoms. The van der Waals surface area contributed by atoms with Crippen LogP contribution in [-0.2, 0) is 0 Å². The van der Waals surface area contributed by atoms with Crippen LogP contribution in [0.3, 0.4) is 0 Å². The first-order valence-corrected chi connectivity index (χ1v) is 10.9. The molecule has 0 aromatic heterocycles. The molecule has 0 saturated carbocycles. The first-order valence-electron chi connectivity index (χ1n) is 10.9. The third kappa shape index (κ3) is 12.8. The largest absolute Gasteiger partial charge is 0.478 e. The molecule has 2 N–H and O–H groups in total. The van der Waals surface area contributed by atoms with Crippen molar-refractivity contribution in [1.29, 1.82) is 0 Å². The number of benzene rings is 2. The summed E-state index contributed by atoms with van der Waals surface area (Å²) in [6.07, 6.45) is 8.37. The number of hydrogen-bond acceptors (Lipinski definition) is 2. The molecule has 0 spiro atoms. The third-order valence-electron chi connectivity index (χ3n) is 5.04. The Morgan fingerprint density at radius 2 is 1.17 bits per heavy atom. The van der Waals surface area contributed by atoms with E-state index in [1.54, 1.807) is 60.7 Å². The molecule has 0 heterocycles. The minimum atomic E-state index is -0.879. The molecule has 0 aliphatic heterocycles. The fourth-order valence-electron chi connectivity index (χ4n) is 3.19. The fourth-order valence-corrected chi connectivity index (χ4v) is 3.19. The molecule has 2 aromatic rings. The van der Waals surface area contributed by atoms with E-state index in [4.69, 9.17) is 10.2 Å². The molecule has 4 heteroatoms. The van der Waals surface area contributed by atoms with Gasteiger partial charge < -0.3 is 10.2 Å². The number of carboxylic acids is 2. The maximum atomic E-state index is 10.2. The molecule has 0 fully saturated rings. The highest BCUT2D eigenvalue weighted by molar-refractivity contribution is 5.87. The minimum absolute atomic E-state index is 0.331. The predicted octanol–water partition coefficient (Wildman–Crippen LogP) is 7.41. The van der Waals surface area contributed by atoms with Crippen molar-refractivity contribution >= 4 is 11.9 Å². The molecule has 0 amide bonds. The number of carbonyl (C=O) groups is 2. The van der Waals surface area contributed by atoms with Crippen LogP contribution in [0.1, 0.15) is 86.9 Å². The summed E-state index contributed by atoms with van der Waals surface area (Å²) in [5.74, 6) is 0.183. The van der Waals surface area contributed by atoms with Crippen molar-refractivity contribution in [2.24, 2.45) is 11.8 Å². The lowest BCUT2D eigenvalue weighted by molar-refractivity contribution is 0.0686. The molecule has 30 heavy (non-hydrogen) atoms. The van der Waals surface area contributed by atoms with Gasteiger partial charge in [-0.25, -0.2) is 9.59 Å². The molecule has 166 valence electrons. The van der Waals surface area contributed by atoms with Crippen LogP contribution in [0.2, 0.25) is 0 Å². The predicted molar refractivity (Wildman–Crippen MR) is 124 cm³/mol. The van der Waals surface area contributed by atoms with E-state index in [-0.39, 0.29) is 0 Å². The summed E-state index contributed by atoms with van der Waals surface area (Å²) in [6.45, 7) is 9.35. The van der Waals surface area contributed by atoms with Gasteiger partial charge in [-0.1, -0.05) is 103 Å². The zero-order valence-corrected chi connectivity index (χ0v) is 18.9. The lowest BCUT2D eigenvalue weighted by atomic mass is 9.84. The summed E-state index contributed by atoms with van der Waals surface area (Å²) in [6, 6.07) is 16.6. The van der Waals surface area contributed by atoms with E-state index in [9.17, 15) is 9.59 Å². The van der Waals surface area contributed by atoms with E-state index in [1.165, 1.54) is 38.5 Å². The van der Waals surface area contributed by atoms with Gasteiger partial charge >= 0.3 is 11.9 Å². The zero-order valence-electron chi connectivity index (χ0n) is 18.9. The van der Waals surface area contributed by atoms with Crippen LogP contribution in [0, 0.1) is 11.8 Å². The molecule has 2 atom stereocenters. The van der Waals surface area contributed by atoms with Crippen LogP contribution in [-0.4, -0.2) is 22.2 Å². The highest BCUT2D eigenvalue weighted by atomic mass is 16.4. The van der Waals surface area contributed by atoms with Gasteiger partial charge in [-0.2, -0.15) is 0 Å². The third-order valence-corrected chi connectivity index (χ3v) is 5.04. The second-order valence-corrected chi connectivity index (χ2v) is 7.42. The Labute approximate surface area is 182 Å². The van der Waals surface area contributed by atoms with Crippen molar-refractivity contribution in [1.82, 2.24) is 0 Å². The summed E-state index contributed by atoms with van der Waals surface area (Å²) in [4.78, 5) is 20.4. The van der Waals surface area contributed by atoms with Gasteiger partial charge in [-0.3, -0.25) is 0 Å². The lowest BCUT2D eigenvalue weighted by Gasteiger charge is -2.21. The Kier molecular flexibility index (Phi) is 15.7. The van der Waals surface area contributed by atoms with Crippen LogP contribution >= 0.6 is 0 Å². The first kappa shape index (κ1) is 27.4. The van der Waals surface area contributed by atoms with Gasteiger partial charge in [0, 0.05) is 0 Å². The van der Waals surface area contributed by atoms with Gasteiger partial charge in [0.25, 0.3) is 0 Å². The quantitative estimate of drug-likeness (QED) is 0.448. The molecule has 0 aliphatic rings. The smallest absolute Gasteiger partial charge is 0.335 e. The molecule has 4 nitrogen and oxygen atoms in total. The maximum absolute atomic E-state index is 10.2. The molecule has 2 rings (SSSR count). The monoisotopic (exact) mass is 414 g/mol. The van der Waals surface area contributed by atoms with Crippen molar-refractivity contribution in [2.45, 2.75) is 66.2 Å².